The van der Waals surface area contributed by atoms with E-state index in [0.717, 1.165) is 10.7 Å². The summed E-state index contributed by atoms with van der Waals surface area (Å²) in [5, 5.41) is 9.86. The molecule has 8 nitrogen and oxygen atoms in total. The number of alkyl halides is 3. The molecule has 0 atom stereocenters. The fourth-order valence-electron chi connectivity index (χ4n) is 2.15. The van der Waals surface area contributed by atoms with Crippen LogP contribution in [0, 0.1) is 6.92 Å². The molecule has 0 aliphatic heterocycles. The van der Waals surface area contributed by atoms with E-state index >= 15 is 0 Å². The van der Waals surface area contributed by atoms with Crippen molar-refractivity contribution in [3.8, 4) is 0 Å². The van der Waals surface area contributed by atoms with E-state index in [9.17, 15) is 22.8 Å². The predicted molar refractivity (Wildman–Crippen MR) is 81.6 cm³/mol. The zero-order valence-corrected chi connectivity index (χ0v) is 13.6. The highest BCUT2D eigenvalue weighted by Gasteiger charge is 2.34. The van der Waals surface area contributed by atoms with Gasteiger partial charge >= 0.3 is 6.18 Å². The van der Waals surface area contributed by atoms with Crippen LogP contribution in [0.5, 0.6) is 0 Å². The normalized spacial score (nSPS) is 11.6. The molecule has 0 fully saturated rings. The van der Waals surface area contributed by atoms with Gasteiger partial charge in [0.2, 0.25) is 5.91 Å². The Balaban J connectivity index is 2.03. The van der Waals surface area contributed by atoms with Crippen molar-refractivity contribution >= 4 is 17.5 Å². The van der Waals surface area contributed by atoms with Crippen LogP contribution in [-0.2, 0) is 24.1 Å². The first-order valence-electron chi connectivity index (χ1n) is 7.40. The smallest absolute Gasteiger partial charge is 0.364 e. The van der Waals surface area contributed by atoms with Crippen LogP contribution in [0.3, 0.4) is 0 Å². The SMILES string of the molecule is CCn1cc(NC(=O)CCn2nc(C(F)(F)F)cc2C)c(C(N)=O)n1. The van der Waals surface area contributed by atoms with Gasteiger partial charge in [-0.15, -0.1) is 0 Å². The number of nitrogens with one attached hydrogen (secondary N) is 1. The van der Waals surface area contributed by atoms with Crippen molar-refractivity contribution in [2.75, 3.05) is 5.32 Å². The number of carbonyl (C=O) groups excluding carboxylic acids is 2. The van der Waals surface area contributed by atoms with Gasteiger partial charge in [-0.25, -0.2) is 0 Å². The van der Waals surface area contributed by atoms with E-state index in [2.05, 4.69) is 15.5 Å². The fraction of sp³-hybridized carbons (Fsp3) is 0.429. The number of nitrogens with two attached hydrogens (primary N) is 1. The number of carbonyl (C=O) groups is 2. The number of hydrogen-bond donors (Lipinski definition) is 2. The van der Waals surface area contributed by atoms with Crippen LogP contribution in [0.4, 0.5) is 18.9 Å². The van der Waals surface area contributed by atoms with E-state index in [4.69, 9.17) is 5.73 Å². The Morgan fingerprint density at radius 1 is 1.32 bits per heavy atom. The molecule has 2 rings (SSSR count). The molecular formula is C14H17F3N6O2. The summed E-state index contributed by atoms with van der Waals surface area (Å²) in [6.07, 6.45) is -3.21. The Kier molecular flexibility index (Phi) is 5.14. The van der Waals surface area contributed by atoms with Gasteiger partial charge in [0, 0.05) is 31.4 Å². The van der Waals surface area contributed by atoms with Crippen LogP contribution >= 0.6 is 0 Å². The summed E-state index contributed by atoms with van der Waals surface area (Å²) in [5.41, 5.74) is 4.56. The Hall–Kier alpha value is -2.85. The highest BCUT2D eigenvalue weighted by atomic mass is 19.4. The van der Waals surface area contributed by atoms with E-state index < -0.39 is 23.7 Å². The minimum atomic E-state index is -4.54. The Labute approximate surface area is 140 Å². The molecule has 0 bridgehead atoms. The summed E-state index contributed by atoms with van der Waals surface area (Å²) in [7, 11) is 0. The van der Waals surface area contributed by atoms with Gasteiger partial charge in [-0.1, -0.05) is 0 Å². The van der Waals surface area contributed by atoms with Gasteiger partial charge in [0.25, 0.3) is 5.91 Å². The van der Waals surface area contributed by atoms with Crippen molar-refractivity contribution in [2.45, 2.75) is 39.5 Å². The number of nitrogens with zero attached hydrogens (tertiary/aromatic N) is 4. The van der Waals surface area contributed by atoms with Crippen LogP contribution in [0.2, 0.25) is 0 Å². The molecule has 0 aliphatic carbocycles. The molecule has 25 heavy (non-hydrogen) atoms. The third-order valence-corrected chi connectivity index (χ3v) is 3.42. The van der Waals surface area contributed by atoms with Gasteiger partial charge in [-0.2, -0.15) is 23.4 Å². The number of primary amides is 1. The number of anilines is 1. The molecule has 0 aromatic carbocycles. The van der Waals surface area contributed by atoms with Gasteiger partial charge in [-0.05, 0) is 19.9 Å². The van der Waals surface area contributed by atoms with Crippen LogP contribution in [0.15, 0.2) is 12.3 Å². The third kappa shape index (κ3) is 4.37. The molecular weight excluding hydrogens is 341 g/mol. The summed E-state index contributed by atoms with van der Waals surface area (Å²) >= 11 is 0. The maximum absolute atomic E-state index is 12.6. The topological polar surface area (TPSA) is 108 Å². The van der Waals surface area contributed by atoms with Crippen molar-refractivity contribution in [3.63, 3.8) is 0 Å². The van der Waals surface area contributed by atoms with Gasteiger partial charge in [0.1, 0.15) is 0 Å². The average molecular weight is 358 g/mol. The molecule has 2 heterocycles. The molecule has 11 heteroatoms. The molecule has 2 aromatic heterocycles. The Morgan fingerprint density at radius 2 is 2.00 bits per heavy atom. The van der Waals surface area contributed by atoms with Crippen molar-refractivity contribution < 1.29 is 22.8 Å². The van der Waals surface area contributed by atoms with E-state index in [-0.39, 0.29) is 30.0 Å². The summed E-state index contributed by atoms with van der Waals surface area (Å²) in [6, 6.07) is 0.911. The lowest BCUT2D eigenvalue weighted by molar-refractivity contribution is -0.141. The van der Waals surface area contributed by atoms with Gasteiger partial charge in [0.15, 0.2) is 11.4 Å². The first-order chi connectivity index (χ1) is 11.6. The minimum Gasteiger partial charge on any atom is -0.364 e. The summed E-state index contributed by atoms with van der Waals surface area (Å²) in [4.78, 5) is 23.3. The first kappa shape index (κ1) is 18.5. The van der Waals surface area contributed by atoms with Crippen LogP contribution in [-0.4, -0.2) is 31.4 Å². The molecule has 3 N–H and O–H groups in total. The van der Waals surface area contributed by atoms with Crippen molar-refractivity contribution in [1.82, 2.24) is 19.6 Å². The number of halogens is 3. The molecule has 2 aromatic rings. The number of hydrogen-bond acceptors (Lipinski definition) is 4. The summed E-state index contributed by atoms with van der Waals surface area (Å²) in [6.45, 7) is 3.70. The number of amides is 2. The van der Waals surface area contributed by atoms with Crippen molar-refractivity contribution in [3.05, 3.63) is 29.3 Å². The third-order valence-electron chi connectivity index (χ3n) is 3.42. The summed E-state index contributed by atoms with van der Waals surface area (Å²) in [5.74, 6) is -1.29. The second-order valence-corrected chi connectivity index (χ2v) is 5.30. The number of aryl methyl sites for hydroxylation is 3. The monoisotopic (exact) mass is 358 g/mol. The average Bonchev–Trinajstić information content (AvgIpc) is 3.08. The molecule has 0 spiro atoms. The maximum atomic E-state index is 12.6. The quantitative estimate of drug-likeness (QED) is 0.817. The largest absolute Gasteiger partial charge is 0.435 e. The molecule has 0 saturated carbocycles. The zero-order valence-electron chi connectivity index (χ0n) is 13.6. The van der Waals surface area contributed by atoms with Gasteiger partial charge < -0.3 is 11.1 Å². The number of rotatable bonds is 6. The van der Waals surface area contributed by atoms with Gasteiger partial charge in [-0.3, -0.25) is 19.0 Å². The second kappa shape index (κ2) is 6.95. The van der Waals surface area contributed by atoms with E-state index in [1.165, 1.54) is 17.8 Å². The predicted octanol–water partition coefficient (Wildman–Crippen LogP) is 1.55. The van der Waals surface area contributed by atoms with Crippen molar-refractivity contribution in [2.24, 2.45) is 5.73 Å². The van der Waals surface area contributed by atoms with Crippen LogP contribution in [0.25, 0.3) is 0 Å². The molecule has 0 aliphatic rings. The fourth-order valence-corrected chi connectivity index (χ4v) is 2.15. The minimum absolute atomic E-state index is 0.0401. The maximum Gasteiger partial charge on any atom is 0.435 e. The lowest BCUT2D eigenvalue weighted by Crippen LogP contribution is -2.19. The zero-order chi connectivity index (χ0) is 18.8. The van der Waals surface area contributed by atoms with Crippen LogP contribution in [0.1, 0.15) is 35.2 Å². The molecule has 2 amide bonds. The summed E-state index contributed by atoms with van der Waals surface area (Å²) < 4.78 is 40.4. The second-order valence-electron chi connectivity index (χ2n) is 5.30. The Bertz CT molecular complexity index is 793. The Morgan fingerprint density at radius 3 is 2.52 bits per heavy atom. The van der Waals surface area contributed by atoms with Gasteiger partial charge in [0.05, 0.1) is 5.69 Å². The molecule has 0 saturated heterocycles. The van der Waals surface area contributed by atoms with Crippen LogP contribution < -0.4 is 11.1 Å². The number of aromatic nitrogens is 4. The van der Waals surface area contributed by atoms with E-state index in [1.54, 1.807) is 6.92 Å². The van der Waals surface area contributed by atoms with Crippen molar-refractivity contribution in [1.29, 1.82) is 0 Å². The first-order valence-corrected chi connectivity index (χ1v) is 7.40. The lowest BCUT2D eigenvalue weighted by Gasteiger charge is -2.06. The lowest BCUT2D eigenvalue weighted by atomic mass is 10.3. The van der Waals surface area contributed by atoms with E-state index in [0.29, 0.717) is 6.54 Å². The van der Waals surface area contributed by atoms with E-state index in [1.807, 2.05) is 0 Å². The standard InChI is InChI=1S/C14H17F3N6O2/c1-3-22-7-9(12(21-22)13(18)25)19-11(24)4-5-23-8(2)6-10(20-23)14(15,16)17/h6-7H,3-5H2,1-2H3,(H2,18,25)(H,19,24). The molecule has 0 unspecified atom stereocenters. The molecule has 0 radical (unpaired) electrons. The highest BCUT2D eigenvalue weighted by Crippen LogP contribution is 2.28. The molecule has 136 valence electrons. The highest BCUT2D eigenvalue weighted by molar-refractivity contribution is 6.01.